The second kappa shape index (κ2) is 9.93. The lowest BCUT2D eigenvalue weighted by molar-refractivity contribution is 0.178. The molecule has 2 aromatic heterocycles. The average molecular weight is 451 g/mol. The highest BCUT2D eigenvalue weighted by Gasteiger charge is 2.15. The van der Waals surface area contributed by atoms with Crippen molar-refractivity contribution in [2.75, 3.05) is 25.6 Å². The van der Waals surface area contributed by atoms with E-state index in [1.54, 1.807) is 18.4 Å². The largest absolute Gasteiger partial charge is 0.490 e. The van der Waals surface area contributed by atoms with E-state index in [9.17, 15) is 0 Å². The Labute approximate surface area is 191 Å². The van der Waals surface area contributed by atoms with Crippen LogP contribution in [-0.2, 0) is 11.3 Å². The first-order valence-corrected chi connectivity index (χ1v) is 11.4. The van der Waals surface area contributed by atoms with Gasteiger partial charge in [-0.15, -0.1) is 11.3 Å². The topological polar surface area (TPSA) is 78.4 Å². The molecule has 0 saturated carbocycles. The molecule has 8 heteroatoms. The number of aryl methyl sites for hydroxylation is 1. The van der Waals surface area contributed by atoms with Gasteiger partial charge in [0.25, 0.3) is 0 Å². The molecule has 0 aliphatic rings. The average Bonchev–Trinajstić information content (AvgIpc) is 3.22. The first-order chi connectivity index (χ1) is 15.6. The molecule has 0 spiro atoms. The van der Waals surface area contributed by atoms with E-state index in [1.807, 2.05) is 45.0 Å². The third kappa shape index (κ3) is 4.81. The van der Waals surface area contributed by atoms with E-state index in [1.165, 1.54) is 0 Å². The molecule has 4 aromatic rings. The van der Waals surface area contributed by atoms with Gasteiger partial charge in [0.05, 0.1) is 29.4 Å². The van der Waals surface area contributed by atoms with Gasteiger partial charge in [-0.2, -0.15) is 0 Å². The molecule has 0 unspecified atom stereocenters. The predicted octanol–water partition coefficient (Wildman–Crippen LogP) is 5.75. The summed E-state index contributed by atoms with van der Waals surface area (Å²) in [4.78, 5) is 14.0. The number of thiazole rings is 1. The van der Waals surface area contributed by atoms with Crippen molar-refractivity contribution in [3.05, 3.63) is 52.6 Å². The normalized spacial score (nSPS) is 11.0. The maximum absolute atomic E-state index is 5.82. The maximum Gasteiger partial charge on any atom is 0.163 e. The molecule has 0 amide bonds. The number of nitrogens with one attached hydrogen (secondary N) is 1. The number of aromatic nitrogens is 3. The fourth-order valence-corrected chi connectivity index (χ4v) is 4.02. The minimum absolute atomic E-state index is 0.305. The highest BCUT2D eigenvalue weighted by Crippen LogP contribution is 2.36. The second-order valence-electron chi connectivity index (χ2n) is 7.06. The van der Waals surface area contributed by atoms with Crippen LogP contribution in [0.1, 0.15) is 24.7 Å². The van der Waals surface area contributed by atoms with E-state index in [2.05, 4.69) is 32.8 Å². The number of rotatable bonds is 9. The highest BCUT2D eigenvalue weighted by atomic mass is 32.1. The van der Waals surface area contributed by atoms with Crippen molar-refractivity contribution in [3.63, 3.8) is 0 Å². The minimum atomic E-state index is 0.305. The van der Waals surface area contributed by atoms with Crippen LogP contribution in [0.4, 0.5) is 11.5 Å². The lowest BCUT2D eigenvalue weighted by Crippen LogP contribution is -2.05. The Hall–Kier alpha value is -3.23. The Morgan fingerprint density at radius 3 is 2.44 bits per heavy atom. The summed E-state index contributed by atoms with van der Waals surface area (Å²) in [5, 5.41) is 7.40. The van der Waals surface area contributed by atoms with Crippen LogP contribution in [0.15, 0.2) is 41.8 Å². The van der Waals surface area contributed by atoms with Crippen molar-refractivity contribution in [1.82, 2.24) is 15.0 Å². The molecule has 0 atom stereocenters. The van der Waals surface area contributed by atoms with E-state index in [0.717, 1.165) is 32.9 Å². The van der Waals surface area contributed by atoms with E-state index >= 15 is 0 Å². The van der Waals surface area contributed by atoms with Crippen molar-refractivity contribution in [2.24, 2.45) is 0 Å². The zero-order valence-electron chi connectivity index (χ0n) is 18.6. The summed E-state index contributed by atoms with van der Waals surface area (Å²) in [5.41, 5.74) is 3.67. The summed E-state index contributed by atoms with van der Waals surface area (Å²) in [5.74, 6) is 2.59. The molecule has 0 aliphatic carbocycles. The molecule has 2 heterocycles. The van der Waals surface area contributed by atoms with Crippen LogP contribution in [0.25, 0.3) is 22.2 Å². The Morgan fingerprint density at radius 2 is 1.75 bits per heavy atom. The van der Waals surface area contributed by atoms with Gasteiger partial charge in [0.2, 0.25) is 0 Å². The van der Waals surface area contributed by atoms with E-state index < -0.39 is 0 Å². The summed E-state index contributed by atoms with van der Waals surface area (Å²) in [6.07, 6.45) is 0. The van der Waals surface area contributed by atoms with Crippen molar-refractivity contribution in [1.29, 1.82) is 0 Å². The molecule has 0 fully saturated rings. The Balaban J connectivity index is 1.79. The van der Waals surface area contributed by atoms with E-state index in [4.69, 9.17) is 19.2 Å². The molecule has 0 radical (unpaired) electrons. The Bertz CT molecular complexity index is 1230. The lowest BCUT2D eigenvalue weighted by atomic mass is 10.1. The third-order valence-electron chi connectivity index (χ3n) is 4.72. The number of benzene rings is 2. The van der Waals surface area contributed by atoms with Gasteiger partial charge < -0.3 is 19.5 Å². The van der Waals surface area contributed by atoms with E-state index in [-0.39, 0.29) is 0 Å². The first kappa shape index (κ1) is 22.0. The molecule has 7 nitrogen and oxygen atoms in total. The number of methoxy groups -OCH3 is 1. The van der Waals surface area contributed by atoms with Gasteiger partial charge in [-0.3, -0.25) is 0 Å². The van der Waals surface area contributed by atoms with Crippen molar-refractivity contribution in [2.45, 2.75) is 27.4 Å². The molecule has 166 valence electrons. The van der Waals surface area contributed by atoms with Crippen LogP contribution in [0.2, 0.25) is 0 Å². The SMILES string of the molecule is CCOc1cc2nc(COC)nc(Nc3cccc(-c4csc(C)n4)c3)c2cc1OCC. The quantitative estimate of drug-likeness (QED) is 0.348. The minimum Gasteiger partial charge on any atom is -0.490 e. The maximum atomic E-state index is 5.82. The molecule has 0 bridgehead atoms. The van der Waals surface area contributed by atoms with E-state index in [0.29, 0.717) is 43.0 Å². The smallest absolute Gasteiger partial charge is 0.163 e. The van der Waals surface area contributed by atoms with Gasteiger partial charge in [0.1, 0.15) is 12.4 Å². The van der Waals surface area contributed by atoms with Crippen molar-refractivity contribution in [3.8, 4) is 22.8 Å². The predicted molar refractivity (Wildman–Crippen MR) is 128 cm³/mol. The fraction of sp³-hybridized carbons (Fsp3) is 0.292. The monoisotopic (exact) mass is 450 g/mol. The third-order valence-corrected chi connectivity index (χ3v) is 5.49. The van der Waals surface area contributed by atoms with Gasteiger partial charge in [-0.25, -0.2) is 15.0 Å². The summed E-state index contributed by atoms with van der Waals surface area (Å²) in [7, 11) is 1.63. The summed E-state index contributed by atoms with van der Waals surface area (Å²) in [6, 6.07) is 11.9. The number of hydrogen-bond acceptors (Lipinski definition) is 8. The van der Waals surface area contributed by atoms with Gasteiger partial charge in [0, 0.05) is 35.2 Å². The lowest BCUT2D eigenvalue weighted by Gasteiger charge is -2.15. The number of hydrogen-bond donors (Lipinski definition) is 1. The van der Waals surface area contributed by atoms with Gasteiger partial charge in [-0.1, -0.05) is 12.1 Å². The number of anilines is 2. The van der Waals surface area contributed by atoms with Crippen LogP contribution in [0.3, 0.4) is 0 Å². The second-order valence-corrected chi connectivity index (χ2v) is 8.12. The van der Waals surface area contributed by atoms with Crippen molar-refractivity contribution >= 4 is 33.7 Å². The van der Waals surface area contributed by atoms with Gasteiger partial charge in [-0.05, 0) is 39.0 Å². The number of nitrogens with zero attached hydrogens (tertiary/aromatic N) is 3. The fourth-order valence-electron chi connectivity index (χ4n) is 3.40. The van der Waals surface area contributed by atoms with Crippen LogP contribution in [0, 0.1) is 6.92 Å². The zero-order chi connectivity index (χ0) is 22.5. The highest BCUT2D eigenvalue weighted by molar-refractivity contribution is 7.09. The molecule has 0 saturated heterocycles. The summed E-state index contributed by atoms with van der Waals surface area (Å²) < 4.78 is 16.9. The first-order valence-electron chi connectivity index (χ1n) is 10.5. The molecule has 32 heavy (non-hydrogen) atoms. The molecule has 0 aliphatic heterocycles. The van der Waals surface area contributed by atoms with Crippen LogP contribution in [0.5, 0.6) is 11.5 Å². The zero-order valence-corrected chi connectivity index (χ0v) is 19.5. The number of ether oxygens (including phenoxy) is 3. The molecular formula is C24H26N4O3S. The standard InChI is InChI=1S/C24H26N4O3S/c1-5-30-21-11-18-19(12-22(21)31-6-2)27-23(13-29-4)28-24(18)26-17-9-7-8-16(10-17)20-14-32-15(3)25-20/h7-12,14H,5-6,13H2,1-4H3,(H,26,27,28). The number of fused-ring (bicyclic) bond motifs is 1. The van der Waals surface area contributed by atoms with Crippen molar-refractivity contribution < 1.29 is 14.2 Å². The Morgan fingerprint density at radius 1 is 0.969 bits per heavy atom. The molecule has 1 N–H and O–H groups in total. The summed E-state index contributed by atoms with van der Waals surface area (Å²) >= 11 is 1.64. The van der Waals surface area contributed by atoms with Crippen LogP contribution < -0.4 is 14.8 Å². The molecular weight excluding hydrogens is 424 g/mol. The van der Waals surface area contributed by atoms with Gasteiger partial charge >= 0.3 is 0 Å². The van der Waals surface area contributed by atoms with Crippen LogP contribution >= 0.6 is 11.3 Å². The molecule has 2 aromatic carbocycles. The van der Waals surface area contributed by atoms with Crippen LogP contribution in [-0.4, -0.2) is 35.3 Å². The van der Waals surface area contributed by atoms with Gasteiger partial charge in [0.15, 0.2) is 17.3 Å². The summed E-state index contributed by atoms with van der Waals surface area (Å²) in [6.45, 7) is 7.28. The molecule has 4 rings (SSSR count). The Kier molecular flexibility index (Phi) is 6.82.